The molecule has 0 radical (unpaired) electrons. The third-order valence-corrected chi connectivity index (χ3v) is 6.16. The van der Waals surface area contributed by atoms with E-state index in [0.717, 1.165) is 43.2 Å². The first-order valence-electron chi connectivity index (χ1n) is 10.5. The minimum absolute atomic E-state index is 0.0371. The molecule has 1 aliphatic heterocycles. The molecule has 0 aromatic heterocycles. The van der Waals surface area contributed by atoms with Crippen LogP contribution in [0.3, 0.4) is 0 Å². The number of nitro benzene ring substituents is 1. The van der Waals surface area contributed by atoms with Gasteiger partial charge in [-0.05, 0) is 37.5 Å². The van der Waals surface area contributed by atoms with E-state index in [4.69, 9.17) is 0 Å². The van der Waals surface area contributed by atoms with Crippen molar-refractivity contribution in [2.24, 2.45) is 0 Å². The molecule has 1 aliphatic carbocycles. The Kier molecular flexibility index (Phi) is 5.59. The summed E-state index contributed by atoms with van der Waals surface area (Å²) in [6.07, 6.45) is 4.76. The van der Waals surface area contributed by atoms with E-state index in [1.165, 1.54) is 24.3 Å². The summed E-state index contributed by atoms with van der Waals surface area (Å²) in [4.78, 5) is 38.3. The average molecular weight is 420 g/mol. The second kappa shape index (κ2) is 8.34. The van der Waals surface area contributed by atoms with Gasteiger partial charge in [-0.25, -0.2) is 0 Å². The highest BCUT2D eigenvalue weighted by Gasteiger charge is 2.48. The molecular formula is C24H24N2O5. The molecule has 2 aliphatic rings. The van der Waals surface area contributed by atoms with Crippen LogP contribution >= 0.6 is 0 Å². The van der Waals surface area contributed by atoms with Gasteiger partial charge in [0.1, 0.15) is 5.76 Å². The third-order valence-electron chi connectivity index (χ3n) is 6.16. The van der Waals surface area contributed by atoms with Gasteiger partial charge in [-0.2, -0.15) is 0 Å². The van der Waals surface area contributed by atoms with Crippen molar-refractivity contribution in [1.82, 2.24) is 4.90 Å². The lowest BCUT2D eigenvalue weighted by atomic mass is 9.90. The van der Waals surface area contributed by atoms with Gasteiger partial charge in [-0.15, -0.1) is 0 Å². The van der Waals surface area contributed by atoms with Gasteiger partial charge in [-0.1, -0.05) is 49.1 Å². The highest BCUT2D eigenvalue weighted by molar-refractivity contribution is 6.46. The molecule has 31 heavy (non-hydrogen) atoms. The van der Waals surface area contributed by atoms with Crippen LogP contribution in [0.15, 0.2) is 54.1 Å². The van der Waals surface area contributed by atoms with Crippen LogP contribution in [0.4, 0.5) is 5.69 Å². The number of nitro groups is 1. The Labute approximate surface area is 180 Å². The summed E-state index contributed by atoms with van der Waals surface area (Å²) in [5.41, 5.74) is 1.95. The lowest BCUT2D eigenvalue weighted by Crippen LogP contribution is -2.40. The highest BCUT2D eigenvalue weighted by atomic mass is 16.6. The summed E-state index contributed by atoms with van der Waals surface area (Å²) in [6.45, 7) is 1.94. The van der Waals surface area contributed by atoms with Crippen molar-refractivity contribution in [3.63, 3.8) is 0 Å². The number of Topliss-reactive ketones (excluding diaryl/α,β-unsaturated/α-hetero) is 1. The molecule has 2 fully saturated rings. The van der Waals surface area contributed by atoms with E-state index in [9.17, 15) is 24.8 Å². The first-order chi connectivity index (χ1) is 14.9. The number of rotatable bonds is 4. The predicted molar refractivity (Wildman–Crippen MR) is 115 cm³/mol. The number of carbonyl (C=O) groups excluding carboxylic acids is 2. The molecule has 1 saturated heterocycles. The van der Waals surface area contributed by atoms with E-state index in [1.807, 2.05) is 31.2 Å². The zero-order chi connectivity index (χ0) is 22.1. The van der Waals surface area contributed by atoms with Crippen LogP contribution in [-0.2, 0) is 9.59 Å². The zero-order valence-electron chi connectivity index (χ0n) is 17.3. The Morgan fingerprint density at radius 1 is 1.06 bits per heavy atom. The molecule has 1 atom stereocenters. The van der Waals surface area contributed by atoms with E-state index in [2.05, 4.69) is 0 Å². The fourth-order valence-corrected chi connectivity index (χ4v) is 4.65. The number of aliphatic hydroxyl groups excluding tert-OH is 1. The Morgan fingerprint density at radius 3 is 2.35 bits per heavy atom. The van der Waals surface area contributed by atoms with Crippen molar-refractivity contribution in [1.29, 1.82) is 0 Å². The number of non-ortho nitro benzene ring substituents is 1. The molecule has 2 aromatic rings. The maximum atomic E-state index is 13.1. The van der Waals surface area contributed by atoms with Crippen molar-refractivity contribution < 1.29 is 19.6 Å². The molecule has 1 amide bonds. The van der Waals surface area contributed by atoms with Gasteiger partial charge in [0.2, 0.25) is 0 Å². The van der Waals surface area contributed by atoms with Gasteiger partial charge >= 0.3 is 0 Å². The van der Waals surface area contributed by atoms with E-state index >= 15 is 0 Å². The van der Waals surface area contributed by atoms with Crippen LogP contribution in [0.25, 0.3) is 5.76 Å². The number of carbonyl (C=O) groups is 2. The summed E-state index contributed by atoms with van der Waals surface area (Å²) in [7, 11) is 0. The van der Waals surface area contributed by atoms with Crippen LogP contribution in [0.5, 0.6) is 0 Å². The van der Waals surface area contributed by atoms with Crippen molar-refractivity contribution in [2.75, 3.05) is 0 Å². The number of ketones is 1. The smallest absolute Gasteiger partial charge is 0.295 e. The van der Waals surface area contributed by atoms with Gasteiger partial charge in [0, 0.05) is 23.7 Å². The molecule has 4 rings (SSSR count). The number of likely N-dealkylation sites (tertiary alicyclic amines) is 1. The first-order valence-corrected chi connectivity index (χ1v) is 10.5. The van der Waals surface area contributed by atoms with Gasteiger partial charge in [-0.3, -0.25) is 19.7 Å². The van der Waals surface area contributed by atoms with Crippen LogP contribution in [0.1, 0.15) is 54.8 Å². The van der Waals surface area contributed by atoms with Crippen LogP contribution in [-0.4, -0.2) is 32.7 Å². The molecule has 160 valence electrons. The summed E-state index contributed by atoms with van der Waals surface area (Å²) in [5.74, 6) is -1.62. The minimum atomic E-state index is -0.715. The molecule has 2 aromatic carbocycles. The summed E-state index contributed by atoms with van der Waals surface area (Å²) in [6, 6.07) is 12.2. The number of aliphatic hydroxyl groups is 1. The number of aryl methyl sites for hydroxylation is 1. The molecule has 0 spiro atoms. The number of amides is 1. The Hall–Kier alpha value is -3.48. The Balaban J connectivity index is 1.85. The van der Waals surface area contributed by atoms with Gasteiger partial charge in [0.15, 0.2) is 0 Å². The van der Waals surface area contributed by atoms with Crippen LogP contribution < -0.4 is 0 Å². The lowest BCUT2D eigenvalue weighted by Gasteiger charge is -2.35. The standard InChI is InChI=1S/C24H24N2O5/c1-15-6-5-7-17(14-15)21-20(22(27)16-10-12-19(13-11-16)26(30)31)23(28)24(29)25(21)18-8-3-2-4-9-18/h5-7,10-14,18,21,27H,2-4,8-9H2,1H3/b22-20-. The van der Waals surface area contributed by atoms with Gasteiger partial charge in [0.25, 0.3) is 17.4 Å². The molecule has 0 bridgehead atoms. The zero-order valence-corrected chi connectivity index (χ0v) is 17.3. The van der Waals surface area contributed by atoms with Crippen LogP contribution in [0.2, 0.25) is 0 Å². The van der Waals surface area contributed by atoms with E-state index in [-0.39, 0.29) is 28.6 Å². The SMILES string of the molecule is Cc1cccc(C2/C(=C(/O)c3ccc([N+](=O)[O-])cc3)C(=O)C(=O)N2C2CCCCC2)c1. The van der Waals surface area contributed by atoms with Crippen molar-refractivity contribution >= 4 is 23.1 Å². The first kappa shape index (κ1) is 20.8. The van der Waals surface area contributed by atoms with Crippen molar-refractivity contribution in [2.45, 2.75) is 51.1 Å². The highest BCUT2D eigenvalue weighted by Crippen LogP contribution is 2.43. The number of benzene rings is 2. The van der Waals surface area contributed by atoms with Crippen LogP contribution in [0, 0.1) is 17.0 Å². The number of hydrogen-bond donors (Lipinski definition) is 1. The summed E-state index contributed by atoms with van der Waals surface area (Å²) >= 11 is 0. The molecule has 1 unspecified atom stereocenters. The van der Waals surface area contributed by atoms with Crippen molar-refractivity contribution in [3.8, 4) is 0 Å². The Morgan fingerprint density at radius 2 is 1.74 bits per heavy atom. The topological polar surface area (TPSA) is 101 Å². The van der Waals surface area contributed by atoms with Crippen molar-refractivity contribution in [3.05, 3.63) is 80.9 Å². The Bertz CT molecular complexity index is 1070. The number of nitrogens with zero attached hydrogens (tertiary/aromatic N) is 2. The van der Waals surface area contributed by atoms with E-state index < -0.39 is 22.7 Å². The molecule has 7 nitrogen and oxygen atoms in total. The fraction of sp³-hybridized carbons (Fsp3) is 0.333. The predicted octanol–water partition coefficient (Wildman–Crippen LogP) is 4.66. The monoisotopic (exact) mass is 420 g/mol. The normalized spacial score (nSPS) is 21.5. The largest absolute Gasteiger partial charge is 0.507 e. The van der Waals surface area contributed by atoms with E-state index in [1.54, 1.807) is 4.90 Å². The second-order valence-electron chi connectivity index (χ2n) is 8.22. The molecule has 1 heterocycles. The maximum Gasteiger partial charge on any atom is 0.295 e. The second-order valence-corrected chi connectivity index (χ2v) is 8.22. The molecule has 7 heteroatoms. The molecule has 1 saturated carbocycles. The lowest BCUT2D eigenvalue weighted by molar-refractivity contribution is -0.384. The third kappa shape index (κ3) is 3.83. The molecular weight excluding hydrogens is 396 g/mol. The fourth-order valence-electron chi connectivity index (χ4n) is 4.65. The van der Waals surface area contributed by atoms with E-state index in [0.29, 0.717) is 0 Å². The quantitative estimate of drug-likeness (QED) is 0.255. The average Bonchev–Trinajstić information content (AvgIpc) is 3.04. The maximum absolute atomic E-state index is 13.1. The summed E-state index contributed by atoms with van der Waals surface area (Å²) < 4.78 is 0. The van der Waals surface area contributed by atoms with Gasteiger partial charge < -0.3 is 10.0 Å². The summed E-state index contributed by atoms with van der Waals surface area (Å²) in [5, 5.41) is 22.0. The van der Waals surface area contributed by atoms with Gasteiger partial charge in [0.05, 0.1) is 16.5 Å². The minimum Gasteiger partial charge on any atom is -0.507 e. The molecule has 1 N–H and O–H groups in total. The number of hydrogen-bond acceptors (Lipinski definition) is 5.